The average Bonchev–Trinajstić information content (AvgIpc) is 2.88. The van der Waals surface area contributed by atoms with E-state index in [1.54, 1.807) is 74.5 Å². The van der Waals surface area contributed by atoms with Gasteiger partial charge in [-0.05, 0) is 73.5 Å². The maximum Gasteiger partial charge on any atom is 0.339 e. The molecule has 0 aliphatic carbocycles. The van der Waals surface area contributed by atoms with Gasteiger partial charge in [0.05, 0.1) is 11.4 Å². The van der Waals surface area contributed by atoms with E-state index >= 15 is 0 Å². The van der Waals surface area contributed by atoms with E-state index in [2.05, 4.69) is 10.6 Å². The molecule has 9 nitrogen and oxygen atoms in total. The van der Waals surface area contributed by atoms with Gasteiger partial charge in [-0.1, -0.05) is 48.5 Å². The van der Waals surface area contributed by atoms with Crippen LogP contribution in [0.1, 0.15) is 11.1 Å². The summed E-state index contributed by atoms with van der Waals surface area (Å²) in [5.74, 6) is -0.191. The number of urea groups is 1. The SMILES string of the molecule is Cc1ccc(OS(=O)(=O)c2ccccc2)c(NC(=O)Nc2cc(C)ccc2OS(=O)(=O)c2ccccc2)c1. The number of hydrogen-bond donors (Lipinski definition) is 2. The highest BCUT2D eigenvalue weighted by molar-refractivity contribution is 7.87. The molecule has 0 aliphatic heterocycles. The molecule has 38 heavy (non-hydrogen) atoms. The number of nitrogens with one attached hydrogen (secondary N) is 2. The fourth-order valence-electron chi connectivity index (χ4n) is 3.41. The van der Waals surface area contributed by atoms with E-state index in [0.29, 0.717) is 0 Å². The van der Waals surface area contributed by atoms with Crippen LogP contribution in [0.3, 0.4) is 0 Å². The highest BCUT2D eigenvalue weighted by atomic mass is 32.2. The molecule has 4 rings (SSSR count). The van der Waals surface area contributed by atoms with Crippen LogP contribution in [0.4, 0.5) is 16.2 Å². The normalized spacial score (nSPS) is 11.4. The van der Waals surface area contributed by atoms with Crippen molar-refractivity contribution in [1.82, 2.24) is 0 Å². The van der Waals surface area contributed by atoms with Crippen molar-refractivity contribution in [3.05, 3.63) is 108 Å². The molecule has 0 unspecified atom stereocenters. The molecule has 4 aromatic rings. The maximum absolute atomic E-state index is 12.9. The van der Waals surface area contributed by atoms with Crippen molar-refractivity contribution >= 4 is 37.6 Å². The molecular weight excluding hydrogens is 528 g/mol. The molecule has 11 heteroatoms. The summed E-state index contributed by atoms with van der Waals surface area (Å²) in [4.78, 5) is 12.9. The van der Waals surface area contributed by atoms with Gasteiger partial charge in [0.25, 0.3) is 0 Å². The number of benzene rings is 4. The molecule has 0 fully saturated rings. The number of hydrogen-bond acceptors (Lipinski definition) is 7. The molecule has 4 aromatic carbocycles. The fourth-order valence-corrected chi connectivity index (χ4v) is 5.35. The summed E-state index contributed by atoms with van der Waals surface area (Å²) >= 11 is 0. The lowest BCUT2D eigenvalue weighted by Gasteiger charge is -2.16. The van der Waals surface area contributed by atoms with Crippen LogP contribution in [0, 0.1) is 13.8 Å². The van der Waals surface area contributed by atoms with Crippen LogP contribution in [-0.4, -0.2) is 22.9 Å². The first kappa shape index (κ1) is 26.7. The van der Waals surface area contributed by atoms with E-state index in [1.165, 1.54) is 36.4 Å². The molecule has 0 heterocycles. The topological polar surface area (TPSA) is 128 Å². The average molecular weight is 553 g/mol. The van der Waals surface area contributed by atoms with E-state index < -0.39 is 26.3 Å². The van der Waals surface area contributed by atoms with Gasteiger partial charge in [-0.15, -0.1) is 0 Å². The summed E-state index contributed by atoms with van der Waals surface area (Å²) in [5, 5.41) is 5.14. The molecule has 0 radical (unpaired) electrons. The van der Waals surface area contributed by atoms with E-state index in [1.807, 2.05) is 0 Å². The van der Waals surface area contributed by atoms with Crippen molar-refractivity contribution in [2.75, 3.05) is 10.6 Å². The predicted octanol–water partition coefficient (Wildman–Crippen LogP) is 5.48. The van der Waals surface area contributed by atoms with Crippen molar-refractivity contribution < 1.29 is 30.0 Å². The quantitative estimate of drug-likeness (QED) is 0.277. The minimum Gasteiger partial charge on any atom is -0.377 e. The van der Waals surface area contributed by atoms with Gasteiger partial charge in [0.1, 0.15) is 9.79 Å². The van der Waals surface area contributed by atoms with Gasteiger partial charge in [-0.3, -0.25) is 0 Å². The van der Waals surface area contributed by atoms with E-state index in [-0.39, 0.29) is 32.7 Å². The molecule has 0 bridgehead atoms. The lowest BCUT2D eigenvalue weighted by atomic mass is 10.2. The van der Waals surface area contributed by atoms with E-state index in [4.69, 9.17) is 8.37 Å². The van der Waals surface area contributed by atoms with Crippen LogP contribution in [0.2, 0.25) is 0 Å². The van der Waals surface area contributed by atoms with Gasteiger partial charge in [-0.25, -0.2) is 4.79 Å². The van der Waals surface area contributed by atoms with Crippen LogP contribution in [0.15, 0.2) is 107 Å². The van der Waals surface area contributed by atoms with Gasteiger partial charge in [-0.2, -0.15) is 16.8 Å². The van der Waals surface area contributed by atoms with Gasteiger partial charge >= 0.3 is 26.3 Å². The molecule has 2 amide bonds. The fraction of sp³-hybridized carbons (Fsp3) is 0.0741. The molecule has 0 saturated heterocycles. The van der Waals surface area contributed by atoms with Crippen molar-refractivity contribution in [3.8, 4) is 11.5 Å². The Morgan fingerprint density at radius 3 is 1.32 bits per heavy atom. The maximum atomic E-state index is 12.9. The Morgan fingerprint density at radius 2 is 0.947 bits per heavy atom. The second-order valence-electron chi connectivity index (χ2n) is 8.28. The molecular formula is C27H24N2O7S2. The third kappa shape index (κ3) is 6.50. The Kier molecular flexibility index (Phi) is 7.70. The second-order valence-corrected chi connectivity index (χ2v) is 11.4. The van der Waals surface area contributed by atoms with Crippen LogP contribution < -0.4 is 19.0 Å². The second kappa shape index (κ2) is 11.0. The van der Waals surface area contributed by atoms with Gasteiger partial charge in [0, 0.05) is 0 Å². The summed E-state index contributed by atoms with van der Waals surface area (Å²) in [6.07, 6.45) is 0. The van der Waals surface area contributed by atoms with Crippen LogP contribution in [0.25, 0.3) is 0 Å². The van der Waals surface area contributed by atoms with Crippen LogP contribution >= 0.6 is 0 Å². The van der Waals surface area contributed by atoms with Crippen molar-refractivity contribution in [2.45, 2.75) is 23.6 Å². The summed E-state index contributed by atoms with van der Waals surface area (Å²) in [5.41, 5.74) is 1.65. The molecule has 0 aliphatic rings. The third-order valence-corrected chi connectivity index (χ3v) is 7.73. The first-order valence-corrected chi connectivity index (χ1v) is 14.1. The predicted molar refractivity (Wildman–Crippen MR) is 144 cm³/mol. The Balaban J connectivity index is 1.57. The minimum atomic E-state index is -4.16. The molecule has 0 atom stereocenters. The van der Waals surface area contributed by atoms with Crippen LogP contribution in [0.5, 0.6) is 11.5 Å². The Labute approximate surface area is 221 Å². The summed E-state index contributed by atoms with van der Waals surface area (Å²) in [6.45, 7) is 3.53. The van der Waals surface area contributed by atoms with E-state index in [0.717, 1.165) is 11.1 Å². The van der Waals surface area contributed by atoms with Gasteiger partial charge in [0.15, 0.2) is 11.5 Å². The monoisotopic (exact) mass is 552 g/mol. The summed E-state index contributed by atoms with van der Waals surface area (Å²) in [7, 11) is -8.32. The number of anilines is 2. The van der Waals surface area contributed by atoms with Crippen LogP contribution in [-0.2, 0) is 20.2 Å². The molecule has 2 N–H and O–H groups in total. The zero-order valence-corrected chi connectivity index (χ0v) is 22.0. The lowest BCUT2D eigenvalue weighted by molar-refractivity contribution is 0.262. The number of carbonyl (C=O) groups excluding carboxylic acids is 1. The van der Waals surface area contributed by atoms with Gasteiger partial charge < -0.3 is 19.0 Å². The third-order valence-electron chi connectivity index (χ3n) is 5.23. The first-order chi connectivity index (χ1) is 18.0. The van der Waals surface area contributed by atoms with Gasteiger partial charge in [0.2, 0.25) is 0 Å². The summed E-state index contributed by atoms with van der Waals surface area (Å²) in [6, 6.07) is 23.7. The Hall–Kier alpha value is -4.35. The lowest BCUT2D eigenvalue weighted by Crippen LogP contribution is -2.21. The number of carbonyl (C=O) groups is 1. The standard InChI is InChI=1S/C27H24N2O7S2/c1-19-13-15-25(35-37(31,32)21-9-5-3-6-10-21)23(17-19)28-27(30)29-24-18-20(2)14-16-26(24)36-38(33,34)22-11-7-4-8-12-22/h3-18H,1-2H3,(H2,28,29,30). The Morgan fingerprint density at radius 1 is 0.579 bits per heavy atom. The molecule has 0 spiro atoms. The molecule has 0 saturated carbocycles. The highest BCUT2D eigenvalue weighted by Gasteiger charge is 2.21. The highest BCUT2D eigenvalue weighted by Crippen LogP contribution is 2.31. The largest absolute Gasteiger partial charge is 0.377 e. The zero-order chi connectivity index (χ0) is 27.3. The zero-order valence-electron chi connectivity index (χ0n) is 20.4. The first-order valence-electron chi connectivity index (χ1n) is 11.3. The number of aryl methyl sites for hydroxylation is 2. The smallest absolute Gasteiger partial charge is 0.339 e. The summed E-state index contributed by atoms with van der Waals surface area (Å²) < 4.78 is 61.5. The number of amides is 2. The number of rotatable bonds is 8. The van der Waals surface area contributed by atoms with Crippen molar-refractivity contribution in [3.63, 3.8) is 0 Å². The minimum absolute atomic E-state index is 0.0443. The Bertz CT molecular complexity index is 1550. The molecule has 196 valence electrons. The van der Waals surface area contributed by atoms with E-state index in [9.17, 15) is 21.6 Å². The van der Waals surface area contributed by atoms with Crippen molar-refractivity contribution in [1.29, 1.82) is 0 Å². The van der Waals surface area contributed by atoms with Crippen molar-refractivity contribution in [2.24, 2.45) is 0 Å². The molecule has 0 aromatic heterocycles.